The van der Waals surface area contributed by atoms with E-state index in [1.54, 1.807) is 0 Å². The quantitative estimate of drug-likeness (QED) is 0.371. The minimum atomic E-state index is -1.02. The molecule has 3 nitrogen and oxygen atoms in total. The first kappa shape index (κ1) is 22.1. The smallest absolute Gasteiger partial charge is 0.162 e. The number of benzene rings is 1. The molecule has 0 aliphatic heterocycles. The van der Waals surface area contributed by atoms with Crippen molar-refractivity contribution in [3.05, 3.63) is 70.3 Å². The largest absolute Gasteiger partial charge is 0.384 e. The summed E-state index contributed by atoms with van der Waals surface area (Å²) in [6.07, 6.45) is 16.6. The highest BCUT2D eigenvalue weighted by molar-refractivity contribution is 5.96. The molecular weight excluding hydrogens is 408 g/mol. The van der Waals surface area contributed by atoms with Gasteiger partial charge in [0, 0.05) is 36.2 Å². The zero-order valence-electron chi connectivity index (χ0n) is 19.6. The molecule has 0 unspecified atom stereocenters. The Kier molecular flexibility index (Phi) is 5.33. The van der Waals surface area contributed by atoms with Crippen LogP contribution >= 0.6 is 0 Å². The molecule has 0 aromatic heterocycles. The molecule has 5 rings (SSSR count). The average molecular weight is 441 g/mol. The zero-order chi connectivity index (χ0) is 23.4. The van der Waals surface area contributed by atoms with E-state index in [9.17, 15) is 14.7 Å². The first-order chi connectivity index (χ1) is 15.8. The van der Waals surface area contributed by atoms with Gasteiger partial charge in [0.05, 0.1) is 5.60 Å². The maximum atomic E-state index is 12.2. The third-order valence-electron chi connectivity index (χ3n) is 8.89. The summed E-state index contributed by atoms with van der Waals surface area (Å²) in [5.74, 6) is 3.79. The van der Waals surface area contributed by atoms with Crippen molar-refractivity contribution in [3.63, 3.8) is 0 Å². The van der Waals surface area contributed by atoms with Crippen molar-refractivity contribution in [3.8, 4) is 12.3 Å². The lowest BCUT2D eigenvalue weighted by molar-refractivity contribution is -0.114. The molecule has 1 saturated carbocycles. The van der Waals surface area contributed by atoms with Crippen molar-refractivity contribution < 1.29 is 14.7 Å². The van der Waals surface area contributed by atoms with Crippen molar-refractivity contribution in [2.45, 2.75) is 70.3 Å². The highest BCUT2D eigenvalue weighted by atomic mass is 16.3. The first-order valence-corrected chi connectivity index (χ1v) is 12.3. The lowest BCUT2D eigenvalue weighted by atomic mass is 9.50. The summed E-state index contributed by atoms with van der Waals surface area (Å²) in [6, 6.07) is 8.08. The molecule has 1 aromatic carbocycles. The monoisotopic (exact) mass is 440 g/mol. The second-order valence-corrected chi connectivity index (χ2v) is 10.5. The topological polar surface area (TPSA) is 54.4 Å². The number of ketones is 2. The number of carbonyl (C=O) groups excluding carboxylic acids is 2. The maximum Gasteiger partial charge on any atom is 0.162 e. The summed E-state index contributed by atoms with van der Waals surface area (Å²) >= 11 is 0. The predicted octanol–water partition coefficient (Wildman–Crippen LogP) is 5.71. The van der Waals surface area contributed by atoms with Crippen LogP contribution in [0.3, 0.4) is 0 Å². The second-order valence-electron chi connectivity index (χ2n) is 10.5. The standard InChI is InChI=1S/C30H32O3/c1-4-15-30(33)16-14-26-24-12-10-21-17-22(31)11-13-23(21)28(24)25(18-29(26,30)3)19-6-8-20(9-7-19)27(32)5-2/h1,6-9,14,16-17,24-26,33H,5,10-13,15,18H2,2-3H3/t24-,25+,26-,29-,30-/m0/s1. The Labute approximate surface area is 196 Å². The Morgan fingerprint density at radius 3 is 2.67 bits per heavy atom. The van der Waals surface area contributed by atoms with Gasteiger partial charge in [-0.15, -0.1) is 12.3 Å². The van der Waals surface area contributed by atoms with Gasteiger partial charge < -0.3 is 5.11 Å². The van der Waals surface area contributed by atoms with Crippen LogP contribution in [0.5, 0.6) is 0 Å². The van der Waals surface area contributed by atoms with Crippen LogP contribution in [0.15, 0.2) is 59.2 Å². The molecular formula is C30H32O3. The Bertz CT molecular complexity index is 1140. The van der Waals surface area contributed by atoms with Crippen LogP contribution in [0.2, 0.25) is 0 Å². The van der Waals surface area contributed by atoms with Crippen LogP contribution in [0.4, 0.5) is 0 Å². The number of terminal acetylenes is 1. The summed E-state index contributed by atoms with van der Waals surface area (Å²) < 4.78 is 0. The number of aliphatic hydroxyl groups is 1. The number of fused-ring (bicyclic) bond motifs is 4. The van der Waals surface area contributed by atoms with E-state index in [1.807, 2.05) is 31.2 Å². The minimum absolute atomic E-state index is 0.137. The lowest BCUT2D eigenvalue weighted by Gasteiger charge is -2.54. The maximum absolute atomic E-state index is 12.2. The first-order valence-electron chi connectivity index (χ1n) is 12.3. The van der Waals surface area contributed by atoms with Crippen LogP contribution in [-0.4, -0.2) is 22.3 Å². The summed E-state index contributed by atoms with van der Waals surface area (Å²) in [5, 5.41) is 11.7. The van der Waals surface area contributed by atoms with Crippen molar-refractivity contribution in [1.29, 1.82) is 0 Å². The van der Waals surface area contributed by atoms with E-state index < -0.39 is 5.60 Å². The molecule has 4 aliphatic carbocycles. The molecule has 1 fully saturated rings. The van der Waals surface area contributed by atoms with Gasteiger partial charge in [0.2, 0.25) is 0 Å². The van der Waals surface area contributed by atoms with Gasteiger partial charge in [0.1, 0.15) is 0 Å². The van der Waals surface area contributed by atoms with Crippen LogP contribution < -0.4 is 0 Å². The Balaban J connectivity index is 1.65. The van der Waals surface area contributed by atoms with Gasteiger partial charge in [0.25, 0.3) is 0 Å². The molecule has 1 aromatic rings. The van der Waals surface area contributed by atoms with E-state index in [2.05, 4.69) is 31.1 Å². The Morgan fingerprint density at radius 1 is 1.21 bits per heavy atom. The van der Waals surface area contributed by atoms with Crippen molar-refractivity contribution in [1.82, 2.24) is 0 Å². The molecule has 1 N–H and O–H groups in total. The van der Waals surface area contributed by atoms with Gasteiger partial charge in [-0.05, 0) is 60.3 Å². The fourth-order valence-electron chi connectivity index (χ4n) is 7.05. The van der Waals surface area contributed by atoms with Gasteiger partial charge in [-0.1, -0.05) is 55.8 Å². The predicted molar refractivity (Wildman–Crippen MR) is 130 cm³/mol. The normalized spacial score (nSPS) is 34.8. The van der Waals surface area contributed by atoms with Crippen LogP contribution in [0.1, 0.15) is 80.6 Å². The van der Waals surface area contributed by atoms with Crippen molar-refractivity contribution >= 4 is 11.6 Å². The number of rotatable bonds is 4. The lowest BCUT2D eigenvalue weighted by Crippen LogP contribution is -2.52. The number of Topliss-reactive ketones (excluding diaryl/α,β-unsaturated/α-hetero) is 1. The molecule has 0 saturated heterocycles. The molecule has 170 valence electrons. The third-order valence-corrected chi connectivity index (χ3v) is 8.89. The van der Waals surface area contributed by atoms with E-state index in [4.69, 9.17) is 6.42 Å². The third kappa shape index (κ3) is 3.30. The molecule has 0 amide bonds. The highest BCUT2D eigenvalue weighted by Gasteiger charge is 2.60. The second kappa shape index (κ2) is 7.96. The van der Waals surface area contributed by atoms with Crippen LogP contribution in [-0.2, 0) is 4.79 Å². The minimum Gasteiger partial charge on any atom is -0.384 e. The number of allylic oxidation sites excluding steroid dienone is 5. The van der Waals surface area contributed by atoms with Crippen molar-refractivity contribution in [2.75, 3.05) is 0 Å². The molecule has 0 spiro atoms. The van der Waals surface area contributed by atoms with Gasteiger partial charge in [-0.25, -0.2) is 0 Å². The molecule has 0 heterocycles. The van der Waals surface area contributed by atoms with E-state index in [0.29, 0.717) is 25.2 Å². The average Bonchev–Trinajstić information content (AvgIpc) is 3.08. The number of carbonyl (C=O) groups is 2. The fourth-order valence-corrected chi connectivity index (χ4v) is 7.05. The highest BCUT2D eigenvalue weighted by Crippen LogP contribution is 2.65. The molecule has 5 atom stereocenters. The molecule has 0 bridgehead atoms. The van der Waals surface area contributed by atoms with Gasteiger partial charge in [0.15, 0.2) is 11.6 Å². The fraction of sp³-hybridized carbons (Fsp3) is 0.467. The summed E-state index contributed by atoms with van der Waals surface area (Å²) in [4.78, 5) is 24.4. The number of hydrogen-bond acceptors (Lipinski definition) is 3. The van der Waals surface area contributed by atoms with Gasteiger partial charge in [-0.3, -0.25) is 9.59 Å². The Morgan fingerprint density at radius 2 is 1.97 bits per heavy atom. The SMILES string of the molecule is C#CC[C@]1(O)C=C[C@H]2[C@@H]3CCC4=CC(=O)CCC4=C3[C@@H](c3ccc(C(=O)CC)cc3)C[C@@]21C. The Hall–Kier alpha value is -2.70. The molecule has 33 heavy (non-hydrogen) atoms. The molecule has 3 heteroatoms. The van der Waals surface area contributed by atoms with Crippen LogP contribution in [0, 0.1) is 29.6 Å². The van der Waals surface area contributed by atoms with E-state index in [1.165, 1.54) is 22.3 Å². The molecule has 4 aliphatic rings. The summed E-state index contributed by atoms with van der Waals surface area (Å²) in [5.41, 5.74) is 4.58. The molecule has 0 radical (unpaired) electrons. The summed E-state index contributed by atoms with van der Waals surface area (Å²) in [6.45, 7) is 4.09. The van der Waals surface area contributed by atoms with Gasteiger partial charge in [-0.2, -0.15) is 0 Å². The zero-order valence-corrected chi connectivity index (χ0v) is 19.6. The van der Waals surface area contributed by atoms with E-state index >= 15 is 0 Å². The van der Waals surface area contributed by atoms with E-state index in [0.717, 1.165) is 31.2 Å². The van der Waals surface area contributed by atoms with Gasteiger partial charge >= 0.3 is 0 Å². The summed E-state index contributed by atoms with van der Waals surface area (Å²) in [7, 11) is 0. The van der Waals surface area contributed by atoms with E-state index in [-0.39, 0.29) is 28.8 Å². The number of hydrogen-bond donors (Lipinski definition) is 1. The van der Waals surface area contributed by atoms with Crippen molar-refractivity contribution in [2.24, 2.45) is 17.3 Å². The van der Waals surface area contributed by atoms with Crippen LogP contribution in [0.25, 0.3) is 0 Å².